The van der Waals surface area contributed by atoms with E-state index in [4.69, 9.17) is 11.6 Å². The lowest BCUT2D eigenvalue weighted by atomic mass is 10.0. The van der Waals surface area contributed by atoms with Crippen molar-refractivity contribution in [3.63, 3.8) is 0 Å². The van der Waals surface area contributed by atoms with E-state index in [-0.39, 0.29) is 5.56 Å². The minimum atomic E-state index is -3.21. The van der Waals surface area contributed by atoms with Gasteiger partial charge in [-0.25, -0.2) is 8.78 Å². The Morgan fingerprint density at radius 1 is 1.53 bits per heavy atom. The molecule has 0 aliphatic rings. The molecule has 15 heavy (non-hydrogen) atoms. The van der Waals surface area contributed by atoms with E-state index >= 15 is 0 Å². The maximum absolute atomic E-state index is 13.3. The Balaban J connectivity index is 2.88. The Hall–Kier alpha value is -0.710. The highest BCUT2D eigenvalue weighted by Gasteiger charge is 2.38. The van der Waals surface area contributed by atoms with Crippen molar-refractivity contribution in [3.8, 4) is 0 Å². The molecule has 5 heteroatoms. The zero-order chi connectivity index (χ0) is 11.5. The first-order valence-corrected chi connectivity index (χ1v) is 4.81. The fourth-order valence-corrected chi connectivity index (χ4v) is 1.45. The number of nitrogens with one attached hydrogen (secondary N) is 1. The lowest BCUT2D eigenvalue weighted by molar-refractivity contribution is -0.107. The molecule has 0 aliphatic carbocycles. The summed E-state index contributed by atoms with van der Waals surface area (Å²) < 4.78 is 26.6. The van der Waals surface area contributed by atoms with Gasteiger partial charge in [0.2, 0.25) is 0 Å². The van der Waals surface area contributed by atoms with Crippen molar-refractivity contribution in [2.45, 2.75) is 12.0 Å². The third-order valence-electron chi connectivity index (χ3n) is 1.98. The summed E-state index contributed by atoms with van der Waals surface area (Å²) in [5, 5.41) is 12.1. The van der Waals surface area contributed by atoms with Crippen molar-refractivity contribution in [2.24, 2.45) is 0 Å². The van der Waals surface area contributed by atoms with Gasteiger partial charge in [0.05, 0.1) is 6.54 Å². The number of hydrogen-bond donors (Lipinski definition) is 2. The molecule has 0 spiro atoms. The summed E-state index contributed by atoms with van der Waals surface area (Å²) in [6.07, 6.45) is -1.84. The minimum absolute atomic E-state index is 0.114. The summed E-state index contributed by atoms with van der Waals surface area (Å²) in [7, 11) is 1.40. The summed E-state index contributed by atoms with van der Waals surface area (Å²) in [6, 6.07) is 5.83. The fraction of sp³-hybridized carbons (Fsp3) is 0.400. The molecule has 2 N–H and O–H groups in total. The van der Waals surface area contributed by atoms with Crippen molar-refractivity contribution in [1.82, 2.24) is 5.32 Å². The summed E-state index contributed by atoms with van der Waals surface area (Å²) in [6.45, 7) is -0.583. The van der Waals surface area contributed by atoms with Crippen molar-refractivity contribution in [2.75, 3.05) is 13.6 Å². The second kappa shape index (κ2) is 4.88. The number of benzene rings is 1. The molecule has 1 aromatic rings. The number of rotatable bonds is 4. The van der Waals surface area contributed by atoms with Gasteiger partial charge in [-0.15, -0.1) is 0 Å². The average Bonchev–Trinajstić information content (AvgIpc) is 2.16. The Labute approximate surface area is 91.9 Å². The van der Waals surface area contributed by atoms with Gasteiger partial charge in [-0.1, -0.05) is 23.7 Å². The third kappa shape index (κ3) is 3.12. The van der Waals surface area contributed by atoms with E-state index in [0.717, 1.165) is 0 Å². The van der Waals surface area contributed by atoms with Gasteiger partial charge < -0.3 is 10.4 Å². The Morgan fingerprint density at radius 2 is 2.20 bits per heavy atom. The fourth-order valence-electron chi connectivity index (χ4n) is 1.25. The monoisotopic (exact) mass is 235 g/mol. The van der Waals surface area contributed by atoms with Crippen LogP contribution in [-0.2, 0) is 0 Å². The molecule has 0 aromatic heterocycles. The van der Waals surface area contributed by atoms with Crippen LogP contribution >= 0.6 is 11.6 Å². The van der Waals surface area contributed by atoms with Gasteiger partial charge >= 0.3 is 0 Å². The second-order valence-electron chi connectivity index (χ2n) is 3.25. The predicted octanol–water partition coefficient (Wildman–Crippen LogP) is 2.23. The van der Waals surface area contributed by atoms with E-state index in [1.165, 1.54) is 25.2 Å². The van der Waals surface area contributed by atoms with Gasteiger partial charge in [0, 0.05) is 5.02 Å². The minimum Gasteiger partial charge on any atom is -0.382 e. The summed E-state index contributed by atoms with van der Waals surface area (Å²) in [5.74, 6) is -3.21. The highest BCUT2D eigenvalue weighted by molar-refractivity contribution is 6.30. The average molecular weight is 236 g/mol. The molecule has 0 saturated carbocycles. The van der Waals surface area contributed by atoms with Crippen LogP contribution in [0.2, 0.25) is 5.02 Å². The smallest absolute Gasteiger partial charge is 0.289 e. The molecule has 2 nitrogen and oxygen atoms in total. The molecule has 1 aromatic carbocycles. The third-order valence-corrected chi connectivity index (χ3v) is 2.21. The van der Waals surface area contributed by atoms with Crippen LogP contribution in [0.15, 0.2) is 24.3 Å². The molecular weight excluding hydrogens is 224 g/mol. The van der Waals surface area contributed by atoms with E-state index in [1.54, 1.807) is 6.07 Å². The summed E-state index contributed by atoms with van der Waals surface area (Å²) in [4.78, 5) is 0. The van der Waals surface area contributed by atoms with Crippen LogP contribution in [-0.4, -0.2) is 24.6 Å². The van der Waals surface area contributed by atoms with Gasteiger partial charge in [0.15, 0.2) is 0 Å². The topological polar surface area (TPSA) is 32.3 Å². The molecule has 0 amide bonds. The van der Waals surface area contributed by atoms with Crippen LogP contribution in [0.3, 0.4) is 0 Å². The molecule has 0 saturated heterocycles. The Kier molecular flexibility index (Phi) is 4.02. The number of alkyl halides is 2. The molecule has 0 aliphatic heterocycles. The molecule has 1 atom stereocenters. The van der Waals surface area contributed by atoms with Gasteiger partial charge in [0.1, 0.15) is 6.10 Å². The number of halogens is 3. The molecule has 0 fully saturated rings. The second-order valence-corrected chi connectivity index (χ2v) is 3.69. The highest BCUT2D eigenvalue weighted by atomic mass is 35.5. The van der Waals surface area contributed by atoms with Crippen molar-refractivity contribution in [1.29, 1.82) is 0 Å². The summed E-state index contributed by atoms with van der Waals surface area (Å²) in [5.41, 5.74) is 0.114. The number of hydrogen-bond acceptors (Lipinski definition) is 2. The Morgan fingerprint density at radius 3 is 2.73 bits per heavy atom. The summed E-state index contributed by atoms with van der Waals surface area (Å²) >= 11 is 5.64. The first kappa shape index (κ1) is 12.4. The SMILES string of the molecule is CNCC(F)(F)C(O)c1cccc(Cl)c1. The van der Waals surface area contributed by atoms with E-state index in [1.807, 2.05) is 0 Å². The molecular formula is C10H12ClF2NO. The first-order valence-electron chi connectivity index (χ1n) is 4.43. The molecule has 84 valence electrons. The lowest BCUT2D eigenvalue weighted by Crippen LogP contribution is -2.36. The Bertz CT molecular complexity index is 333. The van der Waals surface area contributed by atoms with Crippen LogP contribution in [0, 0.1) is 0 Å². The normalized spacial score (nSPS) is 13.9. The van der Waals surface area contributed by atoms with Crippen LogP contribution in [0.1, 0.15) is 11.7 Å². The van der Waals surface area contributed by atoms with Crippen molar-refractivity contribution >= 4 is 11.6 Å². The van der Waals surface area contributed by atoms with E-state index < -0.39 is 18.6 Å². The zero-order valence-electron chi connectivity index (χ0n) is 8.17. The number of aliphatic hydroxyl groups is 1. The van der Waals surface area contributed by atoms with E-state index in [2.05, 4.69) is 5.32 Å². The van der Waals surface area contributed by atoms with E-state index in [0.29, 0.717) is 5.02 Å². The van der Waals surface area contributed by atoms with Crippen molar-refractivity contribution in [3.05, 3.63) is 34.9 Å². The van der Waals surface area contributed by atoms with Crippen molar-refractivity contribution < 1.29 is 13.9 Å². The highest BCUT2D eigenvalue weighted by Crippen LogP contribution is 2.31. The molecule has 0 heterocycles. The van der Waals surface area contributed by atoms with Crippen LogP contribution in [0.4, 0.5) is 8.78 Å². The lowest BCUT2D eigenvalue weighted by Gasteiger charge is -2.22. The molecule has 1 unspecified atom stereocenters. The molecule has 0 radical (unpaired) electrons. The van der Waals surface area contributed by atoms with Crippen LogP contribution in [0.5, 0.6) is 0 Å². The largest absolute Gasteiger partial charge is 0.382 e. The van der Waals surface area contributed by atoms with Gasteiger partial charge in [-0.05, 0) is 24.7 Å². The standard InChI is InChI=1S/C10H12ClF2NO/c1-14-6-10(12,13)9(15)7-3-2-4-8(11)5-7/h2-5,9,14-15H,6H2,1H3. The van der Waals surface area contributed by atoms with Gasteiger partial charge in [-0.3, -0.25) is 0 Å². The van der Waals surface area contributed by atoms with Crippen LogP contribution in [0.25, 0.3) is 0 Å². The van der Waals surface area contributed by atoms with Gasteiger partial charge in [0.25, 0.3) is 5.92 Å². The quantitative estimate of drug-likeness (QED) is 0.839. The first-order chi connectivity index (χ1) is 6.97. The zero-order valence-corrected chi connectivity index (χ0v) is 8.93. The van der Waals surface area contributed by atoms with E-state index in [9.17, 15) is 13.9 Å². The maximum Gasteiger partial charge on any atom is 0.289 e. The number of aliphatic hydroxyl groups excluding tert-OH is 1. The maximum atomic E-state index is 13.3. The molecule has 1 rings (SSSR count). The van der Waals surface area contributed by atoms with Gasteiger partial charge in [-0.2, -0.15) is 0 Å². The molecule has 0 bridgehead atoms. The predicted molar refractivity (Wildman–Crippen MR) is 55.3 cm³/mol. The van der Waals surface area contributed by atoms with Crippen LogP contribution < -0.4 is 5.32 Å².